The van der Waals surface area contributed by atoms with Crippen LogP contribution < -0.4 is 4.90 Å². The molecule has 0 aromatic heterocycles. The van der Waals surface area contributed by atoms with Crippen molar-refractivity contribution >= 4 is 23.4 Å². The van der Waals surface area contributed by atoms with Crippen molar-refractivity contribution in [3.63, 3.8) is 0 Å². The van der Waals surface area contributed by atoms with Gasteiger partial charge in [-0.25, -0.2) is 4.79 Å². The van der Waals surface area contributed by atoms with Crippen molar-refractivity contribution in [1.29, 1.82) is 0 Å². The van der Waals surface area contributed by atoms with Gasteiger partial charge in [0.2, 0.25) is 0 Å². The number of carboxylic acid groups (broad SMARTS) is 1. The molecule has 1 aromatic rings. The third kappa shape index (κ3) is 2.94. The van der Waals surface area contributed by atoms with Gasteiger partial charge in [-0.2, -0.15) is 0 Å². The van der Waals surface area contributed by atoms with E-state index >= 15 is 0 Å². The molecule has 1 fully saturated rings. The predicted molar refractivity (Wildman–Crippen MR) is 82.0 cm³/mol. The van der Waals surface area contributed by atoms with Gasteiger partial charge in [-0.3, -0.25) is 0 Å². The lowest BCUT2D eigenvalue weighted by atomic mass is 10.1. The van der Waals surface area contributed by atoms with Gasteiger partial charge in [0.05, 0.1) is 30.0 Å². The van der Waals surface area contributed by atoms with Crippen molar-refractivity contribution in [3.05, 3.63) is 23.8 Å². The van der Waals surface area contributed by atoms with E-state index in [0.29, 0.717) is 12.2 Å². The summed E-state index contributed by atoms with van der Waals surface area (Å²) in [6, 6.07) is 5.94. The minimum absolute atomic E-state index is 0.123. The molecule has 0 aliphatic carbocycles. The molecule has 2 atom stereocenters. The maximum absolute atomic E-state index is 11.6. The summed E-state index contributed by atoms with van der Waals surface area (Å²) in [6.45, 7) is 5.52. The molecule has 2 rings (SSSR count). The van der Waals surface area contributed by atoms with Crippen LogP contribution >= 0.6 is 11.8 Å². The predicted octanol–water partition coefficient (Wildman–Crippen LogP) is 3.11. The Hall–Kier alpha value is -1.20. The standard InChI is InChI=1S/C15H21NO3S/c1-4-11-9-19-10(2)8-16(11)12-6-5-7-13(20-3)14(12)15(17)18/h5-7,10-11H,4,8-9H2,1-3H3,(H,17,18). The summed E-state index contributed by atoms with van der Waals surface area (Å²) in [7, 11) is 0. The first-order valence-corrected chi connectivity index (χ1v) is 8.09. The monoisotopic (exact) mass is 295 g/mol. The lowest BCUT2D eigenvalue weighted by molar-refractivity contribution is 0.0297. The molecule has 1 aliphatic rings. The van der Waals surface area contributed by atoms with E-state index < -0.39 is 5.97 Å². The van der Waals surface area contributed by atoms with Crippen molar-refractivity contribution in [2.75, 3.05) is 24.3 Å². The number of aromatic carboxylic acids is 1. The zero-order valence-electron chi connectivity index (χ0n) is 12.1. The van der Waals surface area contributed by atoms with Crippen LogP contribution in [0.1, 0.15) is 30.6 Å². The zero-order chi connectivity index (χ0) is 14.7. The molecule has 1 aliphatic heterocycles. The Morgan fingerprint density at radius 2 is 2.30 bits per heavy atom. The van der Waals surface area contributed by atoms with E-state index in [9.17, 15) is 9.90 Å². The fourth-order valence-corrected chi connectivity index (χ4v) is 3.23. The Morgan fingerprint density at radius 3 is 2.90 bits per heavy atom. The highest BCUT2D eigenvalue weighted by Gasteiger charge is 2.29. The number of benzene rings is 1. The lowest BCUT2D eigenvalue weighted by Gasteiger charge is -2.40. The second-order valence-electron chi connectivity index (χ2n) is 5.02. The highest BCUT2D eigenvalue weighted by atomic mass is 32.2. The van der Waals surface area contributed by atoms with E-state index in [1.807, 2.05) is 31.4 Å². The van der Waals surface area contributed by atoms with E-state index in [2.05, 4.69) is 11.8 Å². The summed E-state index contributed by atoms with van der Waals surface area (Å²) in [4.78, 5) is 14.7. The number of morpholine rings is 1. The summed E-state index contributed by atoms with van der Waals surface area (Å²) in [6.07, 6.45) is 2.97. The van der Waals surface area contributed by atoms with Crippen molar-refractivity contribution in [3.8, 4) is 0 Å². The van der Waals surface area contributed by atoms with Gasteiger partial charge in [-0.05, 0) is 31.7 Å². The number of carboxylic acids is 1. The quantitative estimate of drug-likeness (QED) is 0.865. The molecule has 1 aromatic carbocycles. The van der Waals surface area contributed by atoms with Crippen LogP contribution in [0.4, 0.5) is 5.69 Å². The minimum Gasteiger partial charge on any atom is -0.478 e. The summed E-state index contributed by atoms with van der Waals surface area (Å²) < 4.78 is 5.70. The first-order chi connectivity index (χ1) is 9.58. The highest BCUT2D eigenvalue weighted by molar-refractivity contribution is 7.98. The SMILES string of the molecule is CCC1COC(C)CN1c1cccc(SC)c1C(=O)O. The van der Waals surface area contributed by atoms with E-state index in [0.717, 1.165) is 23.5 Å². The maximum Gasteiger partial charge on any atom is 0.338 e. The summed E-state index contributed by atoms with van der Waals surface area (Å²) in [5, 5.41) is 9.56. The van der Waals surface area contributed by atoms with Gasteiger partial charge in [-0.1, -0.05) is 13.0 Å². The smallest absolute Gasteiger partial charge is 0.338 e. The average Bonchev–Trinajstić information content (AvgIpc) is 2.46. The van der Waals surface area contributed by atoms with Crippen LogP contribution in [0.3, 0.4) is 0 Å². The Bertz CT molecular complexity index is 492. The third-order valence-corrected chi connectivity index (χ3v) is 4.47. The van der Waals surface area contributed by atoms with Gasteiger partial charge in [0.15, 0.2) is 0 Å². The Balaban J connectivity index is 2.46. The van der Waals surface area contributed by atoms with Crippen LogP contribution in [-0.2, 0) is 4.74 Å². The van der Waals surface area contributed by atoms with E-state index in [-0.39, 0.29) is 12.1 Å². The van der Waals surface area contributed by atoms with Gasteiger partial charge in [0.1, 0.15) is 0 Å². The molecule has 20 heavy (non-hydrogen) atoms. The van der Waals surface area contributed by atoms with E-state index in [1.54, 1.807) is 0 Å². The number of ether oxygens (including phenoxy) is 1. The fraction of sp³-hybridized carbons (Fsp3) is 0.533. The molecule has 0 bridgehead atoms. The number of thioether (sulfide) groups is 1. The summed E-state index contributed by atoms with van der Waals surface area (Å²) >= 11 is 1.47. The van der Waals surface area contributed by atoms with Crippen LogP contribution in [-0.4, -0.2) is 42.6 Å². The normalized spacial score (nSPS) is 22.9. The van der Waals surface area contributed by atoms with Crippen molar-refractivity contribution < 1.29 is 14.6 Å². The first-order valence-electron chi connectivity index (χ1n) is 6.87. The minimum atomic E-state index is -0.862. The number of rotatable bonds is 4. The van der Waals surface area contributed by atoms with Gasteiger partial charge in [0.25, 0.3) is 0 Å². The molecule has 5 heteroatoms. The molecule has 0 radical (unpaired) electrons. The number of hydrogen-bond donors (Lipinski definition) is 1. The Morgan fingerprint density at radius 1 is 1.55 bits per heavy atom. The van der Waals surface area contributed by atoms with Gasteiger partial charge in [-0.15, -0.1) is 11.8 Å². The fourth-order valence-electron chi connectivity index (χ4n) is 2.62. The Labute approximate surface area is 124 Å². The van der Waals surface area contributed by atoms with E-state index in [4.69, 9.17) is 4.74 Å². The van der Waals surface area contributed by atoms with Gasteiger partial charge in [0, 0.05) is 11.4 Å². The number of nitrogens with zero attached hydrogens (tertiary/aromatic N) is 1. The van der Waals surface area contributed by atoms with Crippen LogP contribution in [0, 0.1) is 0 Å². The largest absolute Gasteiger partial charge is 0.478 e. The molecule has 110 valence electrons. The van der Waals surface area contributed by atoms with Crippen LogP contribution in [0.15, 0.2) is 23.1 Å². The Kier molecular flexibility index (Phi) is 4.94. The molecular weight excluding hydrogens is 274 g/mol. The van der Waals surface area contributed by atoms with E-state index in [1.165, 1.54) is 11.8 Å². The molecule has 1 heterocycles. The molecule has 2 unspecified atom stereocenters. The third-order valence-electron chi connectivity index (χ3n) is 3.69. The average molecular weight is 295 g/mol. The van der Waals surface area contributed by atoms with Crippen LogP contribution in [0.25, 0.3) is 0 Å². The second kappa shape index (κ2) is 6.50. The number of carbonyl (C=O) groups is 1. The number of hydrogen-bond acceptors (Lipinski definition) is 4. The van der Waals surface area contributed by atoms with Crippen molar-refractivity contribution in [2.24, 2.45) is 0 Å². The molecule has 4 nitrogen and oxygen atoms in total. The van der Waals surface area contributed by atoms with Gasteiger partial charge < -0.3 is 14.7 Å². The topological polar surface area (TPSA) is 49.8 Å². The molecule has 1 saturated heterocycles. The molecule has 1 N–H and O–H groups in total. The molecule has 0 saturated carbocycles. The van der Waals surface area contributed by atoms with Crippen molar-refractivity contribution in [1.82, 2.24) is 0 Å². The van der Waals surface area contributed by atoms with Gasteiger partial charge >= 0.3 is 5.97 Å². The summed E-state index contributed by atoms with van der Waals surface area (Å²) in [5.74, 6) is -0.862. The van der Waals surface area contributed by atoms with Crippen LogP contribution in [0.5, 0.6) is 0 Å². The second-order valence-corrected chi connectivity index (χ2v) is 5.87. The first kappa shape index (κ1) is 15.2. The maximum atomic E-state index is 11.6. The van der Waals surface area contributed by atoms with Crippen LogP contribution in [0.2, 0.25) is 0 Å². The highest BCUT2D eigenvalue weighted by Crippen LogP contribution is 2.32. The molecule has 0 spiro atoms. The van der Waals surface area contributed by atoms with Crippen molar-refractivity contribution in [2.45, 2.75) is 37.3 Å². The summed E-state index contributed by atoms with van der Waals surface area (Å²) in [5.41, 5.74) is 1.22. The zero-order valence-corrected chi connectivity index (χ0v) is 12.9. The molecular formula is C15H21NO3S. The lowest BCUT2D eigenvalue weighted by Crippen LogP contribution is -2.49. The molecule has 0 amide bonds. The number of anilines is 1.